The Morgan fingerprint density at radius 2 is 1.76 bits per heavy atom. The molecule has 0 fully saturated rings. The highest BCUT2D eigenvalue weighted by molar-refractivity contribution is 6.34. The van der Waals surface area contributed by atoms with Crippen LogP contribution in [0.4, 0.5) is 0 Å². The van der Waals surface area contributed by atoms with E-state index in [9.17, 15) is 4.79 Å². The van der Waals surface area contributed by atoms with Crippen LogP contribution in [-0.2, 0) is 6.61 Å². The number of ether oxygens (including phenoxy) is 3. The highest BCUT2D eigenvalue weighted by atomic mass is 35.5. The van der Waals surface area contributed by atoms with Crippen molar-refractivity contribution in [2.45, 2.75) is 32.9 Å². The van der Waals surface area contributed by atoms with Crippen molar-refractivity contribution in [1.29, 1.82) is 0 Å². The van der Waals surface area contributed by atoms with Gasteiger partial charge in [-0.05, 0) is 56.7 Å². The molecule has 0 unspecified atom stereocenters. The fourth-order valence-corrected chi connectivity index (χ4v) is 5.28. The lowest BCUT2D eigenvalue weighted by Crippen LogP contribution is -2.36. The standard InChI is InChI=1S/C31H30Cl2N4O4/c1-17(36(5)31(2,3)4)29-25-16-41-27-14-26(39-6)23(18-8-21(15-38)34-28(9-18)40-7)13-24(27)30(25)37(35-29)22-11-19(32)10-20(33)12-22/h8-15H,1,16H2,2-7H3. The Morgan fingerprint density at radius 3 is 2.37 bits per heavy atom. The van der Waals surface area contributed by atoms with E-state index in [0.717, 1.165) is 28.1 Å². The normalized spacial score (nSPS) is 12.2. The summed E-state index contributed by atoms with van der Waals surface area (Å²) in [5, 5.41) is 6.01. The lowest BCUT2D eigenvalue weighted by Gasteiger charge is -2.35. The van der Waals surface area contributed by atoms with Crippen molar-refractivity contribution < 1.29 is 19.0 Å². The van der Waals surface area contributed by atoms with Gasteiger partial charge in [0.1, 0.15) is 29.5 Å². The fraction of sp³-hybridized carbons (Fsp3) is 0.258. The second kappa shape index (κ2) is 10.8. The topological polar surface area (TPSA) is 78.7 Å². The van der Waals surface area contributed by atoms with E-state index in [-0.39, 0.29) is 17.8 Å². The van der Waals surface area contributed by atoms with Crippen LogP contribution in [0.5, 0.6) is 17.4 Å². The molecule has 2 aromatic heterocycles. The number of carbonyl (C=O) groups is 1. The molecule has 1 aliphatic heterocycles. The number of nitrogens with zero attached hydrogens (tertiary/aromatic N) is 4. The number of methoxy groups -OCH3 is 2. The molecule has 10 heteroatoms. The lowest BCUT2D eigenvalue weighted by atomic mass is 9.95. The van der Waals surface area contributed by atoms with Gasteiger partial charge in [0.15, 0.2) is 6.29 Å². The molecule has 41 heavy (non-hydrogen) atoms. The van der Waals surface area contributed by atoms with Crippen molar-refractivity contribution in [3.63, 3.8) is 0 Å². The number of halogens is 2. The summed E-state index contributed by atoms with van der Waals surface area (Å²) in [5.41, 5.74) is 6.03. The zero-order valence-electron chi connectivity index (χ0n) is 23.7. The first-order valence-electron chi connectivity index (χ1n) is 12.8. The van der Waals surface area contributed by atoms with Crippen LogP contribution >= 0.6 is 23.2 Å². The van der Waals surface area contributed by atoms with Crippen LogP contribution in [0.2, 0.25) is 10.0 Å². The lowest BCUT2D eigenvalue weighted by molar-refractivity contribution is 0.111. The van der Waals surface area contributed by atoms with Gasteiger partial charge in [-0.15, -0.1) is 0 Å². The van der Waals surface area contributed by atoms with Crippen molar-refractivity contribution in [2.75, 3.05) is 21.3 Å². The van der Waals surface area contributed by atoms with Gasteiger partial charge in [0.05, 0.1) is 31.3 Å². The van der Waals surface area contributed by atoms with Crippen LogP contribution in [0.15, 0.2) is 49.0 Å². The molecule has 0 atom stereocenters. The van der Waals surface area contributed by atoms with Gasteiger partial charge >= 0.3 is 0 Å². The molecule has 4 aromatic rings. The predicted octanol–water partition coefficient (Wildman–Crippen LogP) is 7.33. The number of hydrogen-bond donors (Lipinski definition) is 0. The number of fused-ring (bicyclic) bond motifs is 3. The zero-order valence-corrected chi connectivity index (χ0v) is 25.2. The van der Waals surface area contributed by atoms with E-state index < -0.39 is 0 Å². The molecule has 0 saturated heterocycles. The van der Waals surface area contributed by atoms with Crippen molar-refractivity contribution in [3.8, 4) is 45.5 Å². The summed E-state index contributed by atoms with van der Waals surface area (Å²) < 4.78 is 19.2. The monoisotopic (exact) mass is 592 g/mol. The van der Waals surface area contributed by atoms with E-state index in [1.165, 1.54) is 7.11 Å². The van der Waals surface area contributed by atoms with Crippen molar-refractivity contribution in [1.82, 2.24) is 19.7 Å². The average molecular weight is 594 g/mol. The Morgan fingerprint density at radius 1 is 1.05 bits per heavy atom. The van der Waals surface area contributed by atoms with Crippen molar-refractivity contribution in [3.05, 3.63) is 76.0 Å². The van der Waals surface area contributed by atoms with Gasteiger partial charge in [0, 0.05) is 51.5 Å². The Hall–Kier alpha value is -4.01. The second-order valence-corrected chi connectivity index (χ2v) is 11.5. The smallest absolute Gasteiger partial charge is 0.214 e. The molecule has 5 rings (SSSR count). The highest BCUT2D eigenvalue weighted by Gasteiger charge is 2.32. The SMILES string of the molecule is C=C(c1nn(-c2cc(Cl)cc(Cl)c2)c2c1COc1cc(OC)c(-c3cc(C=O)nc(OC)c3)cc1-2)N(C)C(C)(C)C. The molecule has 8 nitrogen and oxygen atoms in total. The maximum atomic E-state index is 11.6. The molecule has 0 N–H and O–H groups in total. The molecule has 1 aliphatic rings. The number of benzene rings is 2. The Labute approximate surface area is 249 Å². The minimum absolute atomic E-state index is 0.197. The van der Waals surface area contributed by atoms with Gasteiger partial charge in [0.2, 0.25) is 5.88 Å². The van der Waals surface area contributed by atoms with E-state index in [1.54, 1.807) is 25.3 Å². The van der Waals surface area contributed by atoms with Crippen LogP contribution in [0.25, 0.3) is 33.8 Å². The molecule has 0 aliphatic carbocycles. The van der Waals surface area contributed by atoms with E-state index in [4.69, 9.17) is 42.5 Å². The second-order valence-electron chi connectivity index (χ2n) is 10.7. The molecular weight excluding hydrogens is 563 g/mol. The molecule has 0 radical (unpaired) electrons. The van der Waals surface area contributed by atoms with Gasteiger partial charge in [-0.3, -0.25) is 4.79 Å². The summed E-state index contributed by atoms with van der Waals surface area (Å²) in [6.45, 7) is 11.0. The summed E-state index contributed by atoms with van der Waals surface area (Å²) in [6.07, 6.45) is 0.680. The number of aromatic nitrogens is 3. The minimum Gasteiger partial charge on any atom is -0.496 e. The number of carbonyl (C=O) groups excluding carboxylic acids is 1. The first kappa shape index (κ1) is 28.5. The number of pyridine rings is 1. The van der Waals surface area contributed by atoms with Gasteiger partial charge < -0.3 is 19.1 Å². The number of aldehydes is 1. The van der Waals surface area contributed by atoms with Crippen LogP contribution in [0.3, 0.4) is 0 Å². The third-order valence-corrected chi connectivity index (χ3v) is 7.59. The first-order chi connectivity index (χ1) is 19.4. The van der Waals surface area contributed by atoms with Crippen molar-refractivity contribution >= 4 is 35.2 Å². The fourth-order valence-electron chi connectivity index (χ4n) is 4.76. The summed E-state index contributed by atoms with van der Waals surface area (Å²) in [5.74, 6) is 1.49. The number of rotatable bonds is 7. The Kier molecular flexibility index (Phi) is 7.48. The third-order valence-electron chi connectivity index (χ3n) is 7.15. The van der Waals surface area contributed by atoms with Crippen LogP contribution in [0.1, 0.15) is 42.5 Å². The highest BCUT2D eigenvalue weighted by Crippen LogP contribution is 2.47. The largest absolute Gasteiger partial charge is 0.496 e. The summed E-state index contributed by atoms with van der Waals surface area (Å²) in [7, 11) is 5.08. The molecule has 2 aromatic carbocycles. The third kappa shape index (κ3) is 5.25. The quantitative estimate of drug-likeness (QED) is 0.208. The number of hydrogen-bond acceptors (Lipinski definition) is 7. The van der Waals surface area contributed by atoms with Crippen LogP contribution in [-0.4, -0.2) is 52.8 Å². The van der Waals surface area contributed by atoms with Gasteiger partial charge in [-0.1, -0.05) is 29.8 Å². The molecule has 3 heterocycles. The predicted molar refractivity (Wildman–Crippen MR) is 162 cm³/mol. The summed E-state index contributed by atoms with van der Waals surface area (Å²) in [4.78, 5) is 17.9. The van der Waals surface area contributed by atoms with E-state index in [0.29, 0.717) is 50.7 Å². The van der Waals surface area contributed by atoms with E-state index in [1.807, 2.05) is 36.0 Å². The maximum Gasteiger partial charge on any atom is 0.214 e. The molecule has 0 amide bonds. The Balaban J connectivity index is 1.80. The van der Waals surface area contributed by atoms with Gasteiger partial charge in [-0.2, -0.15) is 5.10 Å². The molecule has 0 saturated carbocycles. The van der Waals surface area contributed by atoms with Crippen LogP contribution in [0, 0.1) is 0 Å². The van der Waals surface area contributed by atoms with Crippen molar-refractivity contribution in [2.24, 2.45) is 0 Å². The first-order valence-corrected chi connectivity index (χ1v) is 13.6. The molecular formula is C31H30Cl2N4O4. The molecule has 0 bridgehead atoms. The molecule has 212 valence electrons. The summed E-state index contributed by atoms with van der Waals surface area (Å²) in [6, 6.07) is 12.5. The van der Waals surface area contributed by atoms with E-state index >= 15 is 0 Å². The van der Waals surface area contributed by atoms with Gasteiger partial charge in [0.25, 0.3) is 0 Å². The Bertz CT molecular complexity index is 1670. The average Bonchev–Trinajstić information content (AvgIpc) is 3.34. The maximum absolute atomic E-state index is 11.6. The van der Waals surface area contributed by atoms with Crippen LogP contribution < -0.4 is 14.2 Å². The van der Waals surface area contributed by atoms with E-state index in [2.05, 4.69) is 37.2 Å². The zero-order chi connectivity index (χ0) is 29.6. The molecule has 0 spiro atoms. The minimum atomic E-state index is -0.197. The van der Waals surface area contributed by atoms with Gasteiger partial charge in [-0.25, -0.2) is 9.67 Å². The summed E-state index contributed by atoms with van der Waals surface area (Å²) >= 11 is 12.9.